The van der Waals surface area contributed by atoms with E-state index in [2.05, 4.69) is 17.1 Å². The van der Waals surface area contributed by atoms with Crippen LogP contribution in [0.5, 0.6) is 0 Å². The van der Waals surface area contributed by atoms with Crippen molar-refractivity contribution in [3.8, 4) is 0 Å². The number of hydrogen-bond donors (Lipinski definition) is 1. The first-order valence-corrected chi connectivity index (χ1v) is 5.67. The third kappa shape index (κ3) is 4.16. The predicted octanol–water partition coefficient (Wildman–Crippen LogP) is 3.26. The van der Waals surface area contributed by atoms with Crippen LogP contribution in [0.2, 0.25) is 0 Å². The molecule has 0 radical (unpaired) electrons. The molecule has 0 heterocycles. The number of nitrogens with zero attached hydrogens (tertiary/aromatic N) is 3. The largest absolute Gasteiger partial charge is 0.301 e. The second kappa shape index (κ2) is 6.41. The lowest BCUT2D eigenvalue weighted by atomic mass is 10.2. The first-order chi connectivity index (χ1) is 9.31. The lowest BCUT2D eigenvalue weighted by molar-refractivity contribution is -0.393. The summed E-state index contributed by atoms with van der Waals surface area (Å²) >= 11 is 0. The fraction of sp³-hybridized carbons (Fsp3) is 0.250. The molecule has 106 valence electrons. The summed E-state index contributed by atoms with van der Waals surface area (Å²) in [5.74, 6) is 0. The molecule has 0 aliphatic carbocycles. The highest BCUT2D eigenvalue weighted by Crippen LogP contribution is 2.28. The van der Waals surface area contributed by atoms with Crippen LogP contribution in [0.15, 0.2) is 35.5 Å². The van der Waals surface area contributed by atoms with Gasteiger partial charge in [0.1, 0.15) is 5.69 Å². The first kappa shape index (κ1) is 15.3. The molecule has 0 saturated carbocycles. The van der Waals surface area contributed by atoms with Gasteiger partial charge in [-0.25, -0.2) is 0 Å². The molecule has 20 heavy (non-hydrogen) atoms. The van der Waals surface area contributed by atoms with E-state index >= 15 is 0 Å². The lowest BCUT2D eigenvalue weighted by Gasteiger charge is -2.04. The van der Waals surface area contributed by atoms with Crippen LogP contribution in [0, 0.1) is 20.2 Å². The van der Waals surface area contributed by atoms with E-state index in [1.807, 2.05) is 6.92 Å². The van der Waals surface area contributed by atoms with E-state index in [0.29, 0.717) is 12.1 Å². The Balaban J connectivity index is 3.03. The number of anilines is 1. The summed E-state index contributed by atoms with van der Waals surface area (Å²) in [4.78, 5) is 20.1. The molecule has 0 bridgehead atoms. The molecule has 8 heteroatoms. The molecule has 0 amide bonds. The SMILES string of the molecule is C=C(C)CC(C)=NNc1ccc([N+](=O)[O-])cc1[N+](=O)[O-]. The van der Waals surface area contributed by atoms with Gasteiger partial charge in [-0.2, -0.15) is 5.10 Å². The average Bonchev–Trinajstić information content (AvgIpc) is 2.35. The average molecular weight is 278 g/mol. The summed E-state index contributed by atoms with van der Waals surface area (Å²) in [6, 6.07) is 3.33. The van der Waals surface area contributed by atoms with Gasteiger partial charge in [-0.3, -0.25) is 25.7 Å². The van der Waals surface area contributed by atoms with Crippen molar-refractivity contribution in [2.75, 3.05) is 5.43 Å². The van der Waals surface area contributed by atoms with Crippen LogP contribution in [0.1, 0.15) is 20.3 Å². The summed E-state index contributed by atoms with van der Waals surface area (Å²) < 4.78 is 0. The fourth-order valence-corrected chi connectivity index (χ4v) is 1.51. The van der Waals surface area contributed by atoms with Crippen LogP contribution in [-0.4, -0.2) is 15.6 Å². The number of nitrogens with one attached hydrogen (secondary N) is 1. The minimum Gasteiger partial charge on any atom is -0.272 e. The van der Waals surface area contributed by atoms with Crippen molar-refractivity contribution in [2.24, 2.45) is 5.10 Å². The molecule has 8 nitrogen and oxygen atoms in total. The molecule has 0 spiro atoms. The quantitative estimate of drug-likeness (QED) is 0.371. The Morgan fingerprint density at radius 3 is 2.45 bits per heavy atom. The van der Waals surface area contributed by atoms with E-state index in [9.17, 15) is 20.2 Å². The van der Waals surface area contributed by atoms with Crippen molar-refractivity contribution >= 4 is 22.8 Å². The van der Waals surface area contributed by atoms with Crippen molar-refractivity contribution in [3.63, 3.8) is 0 Å². The summed E-state index contributed by atoms with van der Waals surface area (Å²) in [5, 5.41) is 25.5. The molecule has 0 aromatic heterocycles. The van der Waals surface area contributed by atoms with E-state index < -0.39 is 15.5 Å². The van der Waals surface area contributed by atoms with Crippen LogP contribution >= 0.6 is 0 Å². The fourth-order valence-electron chi connectivity index (χ4n) is 1.51. The first-order valence-electron chi connectivity index (χ1n) is 5.67. The van der Waals surface area contributed by atoms with Crippen LogP contribution in [-0.2, 0) is 0 Å². The zero-order valence-electron chi connectivity index (χ0n) is 11.1. The van der Waals surface area contributed by atoms with Gasteiger partial charge < -0.3 is 0 Å². The maximum Gasteiger partial charge on any atom is 0.301 e. The number of allylic oxidation sites excluding steroid dienone is 1. The molecule has 1 aromatic carbocycles. The molecule has 0 atom stereocenters. The Labute approximate surface area is 115 Å². The molecule has 1 aromatic rings. The van der Waals surface area contributed by atoms with Crippen molar-refractivity contribution in [2.45, 2.75) is 20.3 Å². The maximum absolute atomic E-state index is 10.9. The summed E-state index contributed by atoms with van der Waals surface area (Å²) in [5.41, 5.74) is 3.52. The molecule has 1 rings (SSSR count). The highest BCUT2D eigenvalue weighted by molar-refractivity contribution is 5.85. The highest BCUT2D eigenvalue weighted by Gasteiger charge is 2.19. The third-order valence-corrected chi connectivity index (χ3v) is 2.31. The zero-order valence-corrected chi connectivity index (χ0v) is 11.1. The number of hydrazone groups is 1. The Hall–Kier alpha value is -2.77. The number of nitro groups is 2. The Morgan fingerprint density at radius 1 is 1.30 bits per heavy atom. The van der Waals surface area contributed by atoms with Crippen molar-refractivity contribution < 1.29 is 9.85 Å². The number of rotatable bonds is 6. The van der Waals surface area contributed by atoms with E-state index in [1.165, 1.54) is 12.1 Å². The second-order valence-corrected chi connectivity index (χ2v) is 4.31. The summed E-state index contributed by atoms with van der Waals surface area (Å²) in [6.07, 6.45) is 0.563. The molecule has 0 saturated heterocycles. The van der Waals surface area contributed by atoms with Gasteiger partial charge in [-0.15, -0.1) is 0 Å². The van der Waals surface area contributed by atoms with E-state index in [1.54, 1.807) is 6.92 Å². The van der Waals surface area contributed by atoms with Gasteiger partial charge in [-0.1, -0.05) is 12.2 Å². The van der Waals surface area contributed by atoms with Crippen LogP contribution in [0.4, 0.5) is 17.1 Å². The molecule has 0 aliphatic heterocycles. The number of non-ortho nitro benzene ring substituents is 1. The van der Waals surface area contributed by atoms with E-state index in [-0.39, 0.29) is 11.4 Å². The molecule has 1 N–H and O–H groups in total. The van der Waals surface area contributed by atoms with Gasteiger partial charge in [0, 0.05) is 18.2 Å². The Kier molecular flexibility index (Phi) is 4.90. The Bertz CT molecular complexity index is 595. The van der Waals surface area contributed by atoms with Gasteiger partial charge in [0.2, 0.25) is 0 Å². The molecular formula is C12H14N4O4. The zero-order chi connectivity index (χ0) is 15.3. The standard InChI is InChI=1S/C12H14N4O4/c1-8(2)6-9(3)13-14-11-5-4-10(15(17)18)7-12(11)16(19)20/h4-5,7,14H,1,6H2,2-3H3. The normalized spacial score (nSPS) is 11.0. The van der Waals surface area contributed by atoms with E-state index in [4.69, 9.17) is 0 Å². The number of nitro benzene ring substituents is 2. The third-order valence-electron chi connectivity index (χ3n) is 2.31. The smallest absolute Gasteiger partial charge is 0.272 e. The van der Waals surface area contributed by atoms with Crippen molar-refractivity contribution in [3.05, 3.63) is 50.6 Å². The number of hydrogen-bond acceptors (Lipinski definition) is 6. The molecule has 0 aliphatic rings. The van der Waals surface area contributed by atoms with Crippen LogP contribution < -0.4 is 5.43 Å². The van der Waals surface area contributed by atoms with Gasteiger partial charge in [0.05, 0.1) is 15.9 Å². The minimum atomic E-state index is -0.695. The highest BCUT2D eigenvalue weighted by atomic mass is 16.6. The van der Waals surface area contributed by atoms with Gasteiger partial charge >= 0.3 is 5.69 Å². The van der Waals surface area contributed by atoms with Gasteiger partial charge in [-0.05, 0) is 19.9 Å². The summed E-state index contributed by atoms with van der Waals surface area (Å²) in [7, 11) is 0. The maximum atomic E-state index is 10.9. The topological polar surface area (TPSA) is 111 Å². The minimum absolute atomic E-state index is 0.0988. The van der Waals surface area contributed by atoms with Gasteiger partial charge in [0.15, 0.2) is 0 Å². The predicted molar refractivity (Wildman–Crippen MR) is 75.9 cm³/mol. The molecular weight excluding hydrogens is 264 g/mol. The molecule has 0 fully saturated rings. The van der Waals surface area contributed by atoms with Gasteiger partial charge in [0.25, 0.3) is 5.69 Å². The lowest BCUT2D eigenvalue weighted by Crippen LogP contribution is -2.01. The molecule has 0 unspecified atom stereocenters. The summed E-state index contributed by atoms with van der Waals surface area (Å²) in [6.45, 7) is 7.32. The Morgan fingerprint density at radius 2 is 1.95 bits per heavy atom. The monoisotopic (exact) mass is 278 g/mol. The van der Waals surface area contributed by atoms with Crippen LogP contribution in [0.25, 0.3) is 0 Å². The van der Waals surface area contributed by atoms with E-state index in [0.717, 1.165) is 11.6 Å². The van der Waals surface area contributed by atoms with Crippen LogP contribution in [0.3, 0.4) is 0 Å². The number of benzene rings is 1. The van der Waals surface area contributed by atoms with Crippen molar-refractivity contribution in [1.29, 1.82) is 0 Å². The second-order valence-electron chi connectivity index (χ2n) is 4.31. The van der Waals surface area contributed by atoms with Crippen molar-refractivity contribution in [1.82, 2.24) is 0 Å².